The van der Waals surface area contributed by atoms with E-state index >= 15 is 0 Å². The smallest absolute Gasteiger partial charge is 0.250 e. The van der Waals surface area contributed by atoms with Crippen molar-refractivity contribution < 1.29 is 13.9 Å². The Morgan fingerprint density at radius 2 is 2.17 bits per heavy atom. The van der Waals surface area contributed by atoms with Crippen molar-refractivity contribution in [1.29, 1.82) is 0 Å². The summed E-state index contributed by atoms with van der Waals surface area (Å²) < 4.78 is 20.6. The molecule has 150 valence electrons. The molecule has 0 aliphatic carbocycles. The van der Waals surface area contributed by atoms with E-state index < -0.39 is 5.82 Å². The molecule has 2 aromatic carbocycles. The van der Waals surface area contributed by atoms with Crippen LogP contribution < -0.4 is 20.7 Å². The number of carbonyl (C=O) groups is 1. The summed E-state index contributed by atoms with van der Waals surface area (Å²) >= 11 is 3.23. The second-order valence-electron chi connectivity index (χ2n) is 6.05. The molecule has 0 aliphatic heterocycles. The topological polar surface area (TPSA) is 93.4 Å². The zero-order chi connectivity index (χ0) is 21.0. The highest BCUT2D eigenvalue weighted by Crippen LogP contribution is 2.35. The molecule has 0 saturated heterocycles. The maximum atomic E-state index is 14.3. The van der Waals surface area contributed by atoms with Gasteiger partial charge >= 0.3 is 0 Å². The van der Waals surface area contributed by atoms with E-state index in [1.165, 1.54) is 23.4 Å². The lowest BCUT2D eigenvalue weighted by atomic mass is 10.1. The molecular weight excluding hydrogens is 441 g/mol. The van der Waals surface area contributed by atoms with Gasteiger partial charge in [0, 0.05) is 29.5 Å². The molecule has 0 fully saturated rings. The fourth-order valence-corrected chi connectivity index (χ4v) is 3.03. The van der Waals surface area contributed by atoms with Gasteiger partial charge in [0.25, 0.3) is 0 Å². The molecule has 7 nitrogen and oxygen atoms in total. The lowest BCUT2D eigenvalue weighted by Crippen LogP contribution is -2.25. The molecule has 0 unspecified atom stereocenters. The first-order valence-electron chi connectivity index (χ1n) is 8.68. The van der Waals surface area contributed by atoms with E-state index in [-0.39, 0.29) is 18.2 Å². The van der Waals surface area contributed by atoms with Gasteiger partial charge in [0.15, 0.2) is 0 Å². The first-order chi connectivity index (χ1) is 13.9. The number of benzene rings is 2. The maximum absolute atomic E-state index is 14.3. The zero-order valence-corrected chi connectivity index (χ0v) is 17.2. The predicted molar refractivity (Wildman–Crippen MR) is 115 cm³/mol. The summed E-state index contributed by atoms with van der Waals surface area (Å²) in [7, 11) is 1.60. The molecular formula is C20H19BrFN5O2. The van der Waals surface area contributed by atoms with Gasteiger partial charge in [0.05, 0.1) is 16.9 Å². The Hall–Kier alpha value is -3.04. The highest BCUT2D eigenvalue weighted by Gasteiger charge is 2.17. The summed E-state index contributed by atoms with van der Waals surface area (Å²) in [6.07, 6.45) is 2.57. The molecule has 29 heavy (non-hydrogen) atoms. The van der Waals surface area contributed by atoms with Crippen molar-refractivity contribution in [1.82, 2.24) is 9.97 Å². The molecule has 3 N–H and O–H groups in total. The van der Waals surface area contributed by atoms with Crippen LogP contribution in [0, 0.1) is 5.82 Å². The van der Waals surface area contributed by atoms with Gasteiger partial charge in [-0.3, -0.25) is 4.79 Å². The average molecular weight is 460 g/mol. The molecule has 0 bridgehead atoms. The maximum Gasteiger partial charge on any atom is 0.250 e. The normalized spacial score (nSPS) is 10.6. The van der Waals surface area contributed by atoms with Crippen LogP contribution >= 0.6 is 15.9 Å². The van der Waals surface area contributed by atoms with E-state index in [2.05, 4.69) is 37.8 Å². The first-order valence-corrected chi connectivity index (χ1v) is 9.47. The number of fused-ring (bicyclic) bond motifs is 1. The van der Waals surface area contributed by atoms with Crippen molar-refractivity contribution in [2.75, 3.05) is 30.4 Å². The van der Waals surface area contributed by atoms with Gasteiger partial charge in [-0.1, -0.05) is 22.5 Å². The van der Waals surface area contributed by atoms with Crippen LogP contribution in [0.25, 0.3) is 10.9 Å². The minimum atomic E-state index is -0.437. The number of amides is 1. The molecule has 0 spiro atoms. The van der Waals surface area contributed by atoms with Crippen LogP contribution in [0.15, 0.2) is 53.8 Å². The quantitative estimate of drug-likeness (QED) is 0.522. The van der Waals surface area contributed by atoms with Crippen LogP contribution in [0.3, 0.4) is 0 Å². The number of ether oxygens (including phenoxy) is 1. The number of halogens is 2. The third kappa shape index (κ3) is 4.52. The third-order valence-electron chi connectivity index (χ3n) is 4.14. The molecule has 3 rings (SSSR count). The fraction of sp³-hybridized carbons (Fsp3) is 0.150. The molecule has 0 radical (unpaired) electrons. The summed E-state index contributed by atoms with van der Waals surface area (Å²) in [5.74, 6) is 0.0860. The molecule has 3 aromatic rings. The van der Waals surface area contributed by atoms with Gasteiger partial charge in [0.1, 0.15) is 30.3 Å². The lowest BCUT2D eigenvalue weighted by Gasteiger charge is -2.21. The van der Waals surface area contributed by atoms with Gasteiger partial charge < -0.3 is 20.7 Å². The Morgan fingerprint density at radius 3 is 2.86 bits per heavy atom. The van der Waals surface area contributed by atoms with Crippen LogP contribution in [0.5, 0.6) is 5.75 Å². The molecule has 0 atom stereocenters. The SMILES string of the molecule is C=CC(=O)N(C)c1cc2c(Nc3ccc(Br)cc3F)ncnc2cc1OCCN. The number of hydrogen-bond donors (Lipinski definition) is 2. The molecule has 0 saturated carbocycles. The number of nitrogens with one attached hydrogen (secondary N) is 1. The van der Waals surface area contributed by atoms with Gasteiger partial charge in [-0.2, -0.15) is 0 Å². The van der Waals surface area contributed by atoms with Gasteiger partial charge in [-0.25, -0.2) is 14.4 Å². The fourth-order valence-electron chi connectivity index (χ4n) is 2.69. The Morgan fingerprint density at radius 1 is 1.38 bits per heavy atom. The molecule has 9 heteroatoms. The standard InChI is InChI=1S/C20H19BrFN5O2/c1-3-19(28)27(2)17-9-13-16(10-18(17)29-7-6-23)24-11-25-20(13)26-15-5-4-12(21)8-14(15)22/h3-5,8-11H,1,6-7,23H2,2H3,(H,24,25,26). The summed E-state index contributed by atoms with van der Waals surface area (Å²) in [6, 6.07) is 8.07. The van der Waals surface area contributed by atoms with E-state index in [1.54, 1.807) is 31.3 Å². The summed E-state index contributed by atoms with van der Waals surface area (Å²) in [5.41, 5.74) is 6.85. The molecule has 0 aliphatic rings. The van der Waals surface area contributed by atoms with Gasteiger partial charge in [-0.15, -0.1) is 0 Å². The van der Waals surface area contributed by atoms with Crippen LogP contribution in [-0.2, 0) is 4.79 Å². The van der Waals surface area contributed by atoms with E-state index in [4.69, 9.17) is 10.5 Å². The van der Waals surface area contributed by atoms with Crippen molar-refractivity contribution in [3.05, 3.63) is 59.6 Å². The van der Waals surface area contributed by atoms with E-state index in [9.17, 15) is 9.18 Å². The predicted octanol–water partition coefficient (Wildman–Crippen LogP) is 3.76. The van der Waals surface area contributed by atoms with Crippen molar-refractivity contribution in [3.8, 4) is 5.75 Å². The second kappa shape index (κ2) is 8.97. The molecule has 1 amide bonds. The first kappa shape index (κ1) is 20.7. The zero-order valence-electron chi connectivity index (χ0n) is 15.7. The number of carbonyl (C=O) groups excluding carboxylic acids is 1. The lowest BCUT2D eigenvalue weighted by molar-refractivity contribution is -0.113. The number of likely N-dealkylation sites (N-methyl/N-ethyl adjacent to an activating group) is 1. The Kier molecular flexibility index (Phi) is 6.40. The Labute approximate surface area is 175 Å². The highest BCUT2D eigenvalue weighted by atomic mass is 79.9. The Bertz CT molecular complexity index is 1080. The number of nitrogens with two attached hydrogens (primary N) is 1. The highest BCUT2D eigenvalue weighted by molar-refractivity contribution is 9.10. The summed E-state index contributed by atoms with van der Waals surface area (Å²) in [5, 5.41) is 3.57. The molecule has 1 aromatic heterocycles. The van der Waals surface area contributed by atoms with E-state index in [1.807, 2.05) is 0 Å². The number of nitrogens with zero attached hydrogens (tertiary/aromatic N) is 3. The van der Waals surface area contributed by atoms with Crippen molar-refractivity contribution in [2.24, 2.45) is 5.73 Å². The minimum Gasteiger partial charge on any atom is -0.490 e. The van der Waals surface area contributed by atoms with Crippen LogP contribution in [0.1, 0.15) is 0 Å². The molecule has 1 heterocycles. The largest absolute Gasteiger partial charge is 0.490 e. The van der Waals surface area contributed by atoms with E-state index in [0.717, 1.165) is 0 Å². The van der Waals surface area contributed by atoms with Crippen LogP contribution in [0.4, 0.5) is 21.6 Å². The second-order valence-corrected chi connectivity index (χ2v) is 6.96. The van der Waals surface area contributed by atoms with Crippen LogP contribution in [-0.4, -0.2) is 36.1 Å². The van der Waals surface area contributed by atoms with Crippen molar-refractivity contribution >= 4 is 49.9 Å². The van der Waals surface area contributed by atoms with E-state index in [0.29, 0.717) is 39.2 Å². The van der Waals surface area contributed by atoms with Gasteiger partial charge in [0.2, 0.25) is 5.91 Å². The third-order valence-corrected chi connectivity index (χ3v) is 4.64. The average Bonchev–Trinajstić information content (AvgIpc) is 2.72. The minimum absolute atomic E-state index is 0.258. The Balaban J connectivity index is 2.12. The van der Waals surface area contributed by atoms with Crippen LogP contribution in [0.2, 0.25) is 0 Å². The monoisotopic (exact) mass is 459 g/mol. The number of anilines is 3. The number of aromatic nitrogens is 2. The number of rotatable bonds is 7. The number of hydrogen-bond acceptors (Lipinski definition) is 6. The van der Waals surface area contributed by atoms with Crippen molar-refractivity contribution in [2.45, 2.75) is 0 Å². The summed E-state index contributed by atoms with van der Waals surface area (Å²) in [4.78, 5) is 22.1. The van der Waals surface area contributed by atoms with Gasteiger partial charge in [-0.05, 0) is 30.3 Å². The van der Waals surface area contributed by atoms with Crippen molar-refractivity contribution in [3.63, 3.8) is 0 Å². The summed E-state index contributed by atoms with van der Waals surface area (Å²) in [6.45, 7) is 4.11.